The topological polar surface area (TPSA) is 59.5 Å². The van der Waals surface area contributed by atoms with Crippen LogP contribution in [0, 0.1) is 0 Å². The van der Waals surface area contributed by atoms with Crippen molar-refractivity contribution in [1.82, 2.24) is 15.3 Å². The zero-order valence-electron chi connectivity index (χ0n) is 16.0. The Labute approximate surface area is 159 Å². The van der Waals surface area contributed by atoms with Gasteiger partial charge in [0.25, 0.3) is 0 Å². The third kappa shape index (κ3) is 2.65. The number of methoxy groups -OCH3 is 1. The number of anilines is 1. The standard InChI is InChI=1S/C21H26N4O2/c1-14-13-21(17-6-4-3-5-15(14)17)8-7-16-18(25-11-9-22-10-12-25)23-20(26-2)24-19(16)27-21/h3-6,14,22H,7-13H2,1-2H3. The van der Waals surface area contributed by atoms with Crippen molar-refractivity contribution in [3.63, 3.8) is 0 Å². The van der Waals surface area contributed by atoms with Gasteiger partial charge in [-0.3, -0.25) is 0 Å². The molecule has 2 atom stereocenters. The van der Waals surface area contributed by atoms with Crippen molar-refractivity contribution < 1.29 is 9.47 Å². The molecule has 2 aromatic rings. The van der Waals surface area contributed by atoms with E-state index in [2.05, 4.69) is 51.4 Å². The lowest BCUT2D eigenvalue weighted by Gasteiger charge is -2.38. The van der Waals surface area contributed by atoms with E-state index in [4.69, 9.17) is 9.47 Å². The number of nitrogens with one attached hydrogen (secondary N) is 1. The Kier molecular flexibility index (Phi) is 3.97. The molecule has 1 aliphatic carbocycles. The zero-order chi connectivity index (χ0) is 18.4. The van der Waals surface area contributed by atoms with Gasteiger partial charge in [0.15, 0.2) is 0 Å². The van der Waals surface area contributed by atoms with E-state index in [1.165, 1.54) is 11.1 Å². The number of hydrogen-bond donors (Lipinski definition) is 1. The molecule has 1 aromatic heterocycles. The number of rotatable bonds is 2. The van der Waals surface area contributed by atoms with E-state index in [9.17, 15) is 0 Å². The van der Waals surface area contributed by atoms with Crippen LogP contribution in [0.5, 0.6) is 11.9 Å². The van der Waals surface area contributed by atoms with Crippen molar-refractivity contribution in [2.75, 3.05) is 38.2 Å². The van der Waals surface area contributed by atoms with Crippen LogP contribution < -0.4 is 19.7 Å². The van der Waals surface area contributed by atoms with Crippen LogP contribution in [0.3, 0.4) is 0 Å². The van der Waals surface area contributed by atoms with E-state index in [0.717, 1.165) is 56.8 Å². The summed E-state index contributed by atoms with van der Waals surface area (Å²) in [6.45, 7) is 6.11. The van der Waals surface area contributed by atoms with Crippen LogP contribution >= 0.6 is 0 Å². The fourth-order valence-corrected chi connectivity index (χ4v) is 4.92. The van der Waals surface area contributed by atoms with Gasteiger partial charge in [0.05, 0.1) is 12.7 Å². The minimum atomic E-state index is -0.275. The molecule has 6 heteroatoms. The first-order valence-corrected chi connectivity index (χ1v) is 9.89. The van der Waals surface area contributed by atoms with E-state index >= 15 is 0 Å². The Morgan fingerprint density at radius 2 is 2.04 bits per heavy atom. The molecule has 3 heterocycles. The summed E-state index contributed by atoms with van der Waals surface area (Å²) in [5, 5.41) is 3.40. The highest BCUT2D eigenvalue weighted by Crippen LogP contribution is 2.52. The Morgan fingerprint density at radius 3 is 2.85 bits per heavy atom. The van der Waals surface area contributed by atoms with Gasteiger partial charge in [-0.1, -0.05) is 31.2 Å². The lowest BCUT2D eigenvalue weighted by atomic mass is 9.86. The smallest absolute Gasteiger partial charge is 0.321 e. The minimum Gasteiger partial charge on any atom is -0.467 e. The summed E-state index contributed by atoms with van der Waals surface area (Å²) >= 11 is 0. The van der Waals surface area contributed by atoms with Crippen molar-refractivity contribution in [3.05, 3.63) is 41.0 Å². The van der Waals surface area contributed by atoms with Crippen molar-refractivity contribution >= 4 is 5.82 Å². The number of benzene rings is 1. The highest BCUT2D eigenvalue weighted by molar-refractivity contribution is 5.55. The second-order valence-electron chi connectivity index (χ2n) is 7.84. The first kappa shape index (κ1) is 16.8. The van der Waals surface area contributed by atoms with Gasteiger partial charge in [-0.25, -0.2) is 0 Å². The highest BCUT2D eigenvalue weighted by atomic mass is 16.5. The summed E-state index contributed by atoms with van der Waals surface area (Å²) in [5.74, 6) is 2.18. The van der Waals surface area contributed by atoms with Crippen LogP contribution in [-0.4, -0.2) is 43.3 Å². The zero-order valence-corrected chi connectivity index (χ0v) is 16.0. The van der Waals surface area contributed by atoms with Crippen LogP contribution in [0.25, 0.3) is 0 Å². The first-order valence-electron chi connectivity index (χ1n) is 9.89. The number of hydrogen-bond acceptors (Lipinski definition) is 6. The van der Waals surface area contributed by atoms with Crippen molar-refractivity contribution in [2.45, 2.75) is 37.7 Å². The molecule has 1 fully saturated rings. The quantitative estimate of drug-likeness (QED) is 0.882. The van der Waals surface area contributed by atoms with Crippen molar-refractivity contribution in [3.8, 4) is 11.9 Å². The molecule has 6 nitrogen and oxygen atoms in total. The van der Waals surface area contributed by atoms with Gasteiger partial charge < -0.3 is 19.7 Å². The van der Waals surface area contributed by atoms with Crippen LogP contribution in [0.1, 0.15) is 42.4 Å². The van der Waals surface area contributed by atoms with Crippen LogP contribution in [0.4, 0.5) is 5.82 Å². The van der Waals surface area contributed by atoms with Gasteiger partial charge in [-0.05, 0) is 36.3 Å². The Bertz CT molecular complexity index is 865. The third-order valence-electron chi connectivity index (χ3n) is 6.22. The molecule has 1 spiro atoms. The molecular formula is C21H26N4O2. The molecule has 0 saturated carbocycles. The predicted molar refractivity (Wildman–Crippen MR) is 104 cm³/mol. The lowest BCUT2D eigenvalue weighted by molar-refractivity contribution is 0.0342. The molecule has 1 aromatic carbocycles. The molecule has 0 amide bonds. The SMILES string of the molecule is COc1nc2c(c(N3CCNCC3)n1)CCC1(CC(C)c3ccccc31)O2. The van der Waals surface area contributed by atoms with E-state index in [1.807, 2.05) is 0 Å². The Morgan fingerprint density at radius 1 is 1.22 bits per heavy atom. The summed E-state index contributed by atoms with van der Waals surface area (Å²) in [5.41, 5.74) is 3.58. The highest BCUT2D eigenvalue weighted by Gasteiger charge is 2.47. The molecule has 2 aliphatic heterocycles. The van der Waals surface area contributed by atoms with Crippen molar-refractivity contribution in [2.24, 2.45) is 0 Å². The first-order chi connectivity index (χ1) is 13.2. The van der Waals surface area contributed by atoms with Gasteiger partial charge in [0.1, 0.15) is 11.4 Å². The van der Waals surface area contributed by atoms with Crippen molar-refractivity contribution in [1.29, 1.82) is 0 Å². The van der Waals surface area contributed by atoms with E-state index in [-0.39, 0.29) is 5.60 Å². The molecular weight excluding hydrogens is 340 g/mol. The third-order valence-corrected chi connectivity index (χ3v) is 6.22. The molecule has 5 rings (SSSR count). The Balaban J connectivity index is 1.57. The van der Waals surface area contributed by atoms with Crippen LogP contribution in [0.2, 0.25) is 0 Å². The van der Waals surface area contributed by atoms with E-state index in [0.29, 0.717) is 17.8 Å². The molecule has 27 heavy (non-hydrogen) atoms. The number of aromatic nitrogens is 2. The van der Waals surface area contributed by atoms with Gasteiger partial charge in [-0.15, -0.1) is 0 Å². The molecule has 1 N–H and O–H groups in total. The normalized spacial score (nSPS) is 26.4. The average Bonchev–Trinajstić information content (AvgIpc) is 2.99. The van der Waals surface area contributed by atoms with Gasteiger partial charge >= 0.3 is 6.01 Å². The summed E-state index contributed by atoms with van der Waals surface area (Å²) in [4.78, 5) is 11.6. The van der Waals surface area contributed by atoms with Gasteiger partial charge in [-0.2, -0.15) is 9.97 Å². The van der Waals surface area contributed by atoms with Crippen LogP contribution in [0.15, 0.2) is 24.3 Å². The fourth-order valence-electron chi connectivity index (χ4n) is 4.92. The molecule has 0 bridgehead atoms. The van der Waals surface area contributed by atoms with Crippen LogP contribution in [-0.2, 0) is 12.0 Å². The van der Waals surface area contributed by atoms with Gasteiger partial charge in [0, 0.05) is 26.2 Å². The predicted octanol–water partition coefficient (Wildman–Crippen LogP) is 2.62. The summed E-state index contributed by atoms with van der Waals surface area (Å²) in [6, 6.07) is 9.08. The largest absolute Gasteiger partial charge is 0.467 e. The number of piperazine rings is 1. The monoisotopic (exact) mass is 366 g/mol. The number of nitrogens with zero attached hydrogens (tertiary/aromatic N) is 3. The maximum absolute atomic E-state index is 6.68. The summed E-state index contributed by atoms with van der Waals surface area (Å²) in [7, 11) is 1.62. The Hall–Kier alpha value is -2.34. The lowest BCUT2D eigenvalue weighted by Crippen LogP contribution is -2.45. The number of fused-ring (bicyclic) bond motifs is 3. The molecule has 2 unspecified atom stereocenters. The van der Waals surface area contributed by atoms with E-state index < -0.39 is 0 Å². The maximum Gasteiger partial charge on any atom is 0.321 e. The second-order valence-corrected chi connectivity index (χ2v) is 7.84. The number of ether oxygens (including phenoxy) is 2. The molecule has 0 radical (unpaired) electrons. The fraction of sp³-hybridized carbons (Fsp3) is 0.524. The van der Waals surface area contributed by atoms with Gasteiger partial charge in [0.2, 0.25) is 5.88 Å². The second kappa shape index (κ2) is 6.37. The molecule has 142 valence electrons. The minimum absolute atomic E-state index is 0.275. The van der Waals surface area contributed by atoms with E-state index in [1.54, 1.807) is 7.11 Å². The summed E-state index contributed by atoms with van der Waals surface area (Å²) in [6.07, 6.45) is 2.90. The molecule has 3 aliphatic rings. The maximum atomic E-state index is 6.68. The summed E-state index contributed by atoms with van der Waals surface area (Å²) < 4.78 is 12.1. The molecule has 1 saturated heterocycles. The average molecular weight is 366 g/mol.